The molecule has 0 aliphatic carbocycles. The number of nitrogens with zero attached hydrogens (tertiary/aromatic N) is 1. The van der Waals surface area contributed by atoms with Crippen LogP contribution in [0.5, 0.6) is 5.75 Å². The van der Waals surface area contributed by atoms with Gasteiger partial charge in [-0.3, -0.25) is 9.59 Å². The lowest BCUT2D eigenvalue weighted by atomic mass is 10.1. The molecule has 1 heterocycles. The molecular formula is C25H24N2O3. The lowest BCUT2D eigenvalue weighted by Crippen LogP contribution is -2.27. The minimum Gasteiger partial charge on any atom is -0.484 e. The first-order valence-corrected chi connectivity index (χ1v) is 10.2. The molecule has 0 saturated carbocycles. The zero-order valence-corrected chi connectivity index (χ0v) is 16.7. The minimum atomic E-state index is -0.270. The van der Waals surface area contributed by atoms with Crippen molar-refractivity contribution in [3.8, 4) is 16.9 Å². The number of carbonyl (C=O) groups is 2. The summed E-state index contributed by atoms with van der Waals surface area (Å²) in [6.45, 7) is 1.49. The highest BCUT2D eigenvalue weighted by molar-refractivity contribution is 5.97. The normalized spacial score (nSPS) is 13.1. The van der Waals surface area contributed by atoms with Crippen molar-refractivity contribution in [3.05, 3.63) is 84.4 Å². The summed E-state index contributed by atoms with van der Waals surface area (Å²) in [4.78, 5) is 26.6. The first-order valence-electron chi connectivity index (χ1n) is 10.2. The standard InChI is InChI=1S/C25H24N2O3/c28-24(18-30-23-13-11-20(12-14-23)19-7-2-1-3-8-19)26-22-10-6-9-21(17-22)25(29)27-15-4-5-16-27/h1-3,6-14,17H,4-5,15-16,18H2,(H,26,28). The van der Waals surface area contributed by atoms with Gasteiger partial charge in [-0.15, -0.1) is 0 Å². The molecule has 1 N–H and O–H groups in total. The molecule has 0 spiro atoms. The molecule has 5 heteroatoms. The fourth-order valence-electron chi connectivity index (χ4n) is 3.55. The zero-order valence-electron chi connectivity index (χ0n) is 16.7. The van der Waals surface area contributed by atoms with E-state index in [-0.39, 0.29) is 18.4 Å². The lowest BCUT2D eigenvalue weighted by molar-refractivity contribution is -0.118. The Kier molecular flexibility index (Phi) is 6.09. The molecule has 4 rings (SSSR count). The fourth-order valence-corrected chi connectivity index (χ4v) is 3.55. The number of hydrogen-bond acceptors (Lipinski definition) is 3. The van der Waals surface area contributed by atoms with Crippen molar-refractivity contribution in [2.75, 3.05) is 25.0 Å². The van der Waals surface area contributed by atoms with Crippen LogP contribution in [0.2, 0.25) is 0 Å². The first-order chi connectivity index (χ1) is 14.7. The van der Waals surface area contributed by atoms with E-state index >= 15 is 0 Å². The second-order valence-electron chi connectivity index (χ2n) is 7.31. The monoisotopic (exact) mass is 400 g/mol. The van der Waals surface area contributed by atoms with Gasteiger partial charge in [0.05, 0.1) is 0 Å². The molecule has 0 aromatic heterocycles. The molecule has 152 valence electrons. The first kappa shape index (κ1) is 19.7. The van der Waals surface area contributed by atoms with Gasteiger partial charge in [0.25, 0.3) is 11.8 Å². The quantitative estimate of drug-likeness (QED) is 0.658. The van der Waals surface area contributed by atoms with E-state index in [9.17, 15) is 9.59 Å². The van der Waals surface area contributed by atoms with Gasteiger partial charge < -0.3 is 15.0 Å². The summed E-state index contributed by atoms with van der Waals surface area (Å²) in [5.74, 6) is 0.369. The van der Waals surface area contributed by atoms with Gasteiger partial charge in [-0.25, -0.2) is 0 Å². The maximum Gasteiger partial charge on any atom is 0.262 e. The van der Waals surface area contributed by atoms with E-state index in [0.717, 1.165) is 37.1 Å². The number of ether oxygens (including phenoxy) is 1. The molecule has 0 atom stereocenters. The summed E-state index contributed by atoms with van der Waals surface area (Å²) in [5.41, 5.74) is 3.40. The van der Waals surface area contributed by atoms with Gasteiger partial charge in [-0.05, 0) is 54.3 Å². The van der Waals surface area contributed by atoms with Crippen LogP contribution in [-0.2, 0) is 4.79 Å². The third-order valence-corrected chi connectivity index (χ3v) is 5.12. The summed E-state index contributed by atoms with van der Waals surface area (Å²) in [7, 11) is 0. The molecule has 30 heavy (non-hydrogen) atoms. The number of benzene rings is 3. The van der Waals surface area contributed by atoms with Crippen molar-refractivity contribution in [1.29, 1.82) is 0 Å². The molecule has 1 aliphatic rings. The highest BCUT2D eigenvalue weighted by Crippen LogP contribution is 2.22. The van der Waals surface area contributed by atoms with Gasteiger partial charge in [-0.1, -0.05) is 48.5 Å². The summed E-state index contributed by atoms with van der Waals surface area (Å²) in [5, 5.41) is 2.80. The molecule has 1 aliphatic heterocycles. The summed E-state index contributed by atoms with van der Waals surface area (Å²) in [6, 6.07) is 24.8. The van der Waals surface area contributed by atoms with Crippen LogP contribution in [0.4, 0.5) is 5.69 Å². The Morgan fingerprint density at radius 1 is 0.833 bits per heavy atom. The molecule has 2 amide bonds. The van der Waals surface area contributed by atoms with E-state index < -0.39 is 0 Å². The third kappa shape index (κ3) is 4.87. The average molecular weight is 400 g/mol. The molecule has 1 fully saturated rings. The van der Waals surface area contributed by atoms with E-state index in [0.29, 0.717) is 17.0 Å². The van der Waals surface area contributed by atoms with E-state index in [1.165, 1.54) is 0 Å². The van der Waals surface area contributed by atoms with Gasteiger partial charge in [-0.2, -0.15) is 0 Å². The number of amides is 2. The zero-order chi connectivity index (χ0) is 20.8. The van der Waals surface area contributed by atoms with Gasteiger partial charge in [0.2, 0.25) is 0 Å². The molecule has 1 saturated heterocycles. The van der Waals surface area contributed by atoms with Gasteiger partial charge in [0.1, 0.15) is 5.75 Å². The Balaban J connectivity index is 1.32. The van der Waals surface area contributed by atoms with Crippen LogP contribution < -0.4 is 10.1 Å². The van der Waals surface area contributed by atoms with Crippen molar-refractivity contribution in [2.45, 2.75) is 12.8 Å². The Morgan fingerprint density at radius 2 is 1.53 bits per heavy atom. The van der Waals surface area contributed by atoms with Crippen LogP contribution in [0.3, 0.4) is 0 Å². The Bertz CT molecular complexity index is 1010. The Morgan fingerprint density at radius 3 is 2.27 bits per heavy atom. The van der Waals surface area contributed by atoms with Crippen molar-refractivity contribution < 1.29 is 14.3 Å². The van der Waals surface area contributed by atoms with Crippen LogP contribution >= 0.6 is 0 Å². The van der Waals surface area contributed by atoms with E-state index in [4.69, 9.17) is 4.74 Å². The van der Waals surface area contributed by atoms with Crippen LogP contribution in [0.15, 0.2) is 78.9 Å². The molecule has 0 radical (unpaired) electrons. The van der Waals surface area contributed by atoms with E-state index in [2.05, 4.69) is 5.32 Å². The summed E-state index contributed by atoms with van der Waals surface area (Å²) in [6.07, 6.45) is 2.09. The van der Waals surface area contributed by atoms with Crippen molar-refractivity contribution in [2.24, 2.45) is 0 Å². The number of rotatable bonds is 6. The predicted molar refractivity (Wildman–Crippen MR) is 118 cm³/mol. The topological polar surface area (TPSA) is 58.6 Å². The molecule has 3 aromatic carbocycles. The van der Waals surface area contributed by atoms with E-state index in [1.54, 1.807) is 24.3 Å². The Hall–Kier alpha value is -3.60. The van der Waals surface area contributed by atoms with Crippen LogP contribution in [0, 0.1) is 0 Å². The second kappa shape index (κ2) is 9.27. The summed E-state index contributed by atoms with van der Waals surface area (Å²) >= 11 is 0. The van der Waals surface area contributed by atoms with Crippen LogP contribution in [0.25, 0.3) is 11.1 Å². The van der Waals surface area contributed by atoms with Crippen molar-refractivity contribution >= 4 is 17.5 Å². The lowest BCUT2D eigenvalue weighted by Gasteiger charge is -2.16. The van der Waals surface area contributed by atoms with E-state index in [1.807, 2.05) is 59.5 Å². The minimum absolute atomic E-state index is 0.0124. The highest BCUT2D eigenvalue weighted by Gasteiger charge is 2.19. The SMILES string of the molecule is O=C(COc1ccc(-c2ccccc2)cc1)Nc1cccc(C(=O)N2CCCC2)c1. The largest absolute Gasteiger partial charge is 0.484 e. The maximum atomic E-state index is 12.5. The van der Waals surface area contributed by atoms with Crippen LogP contribution in [0.1, 0.15) is 23.2 Å². The van der Waals surface area contributed by atoms with Gasteiger partial charge in [0.15, 0.2) is 6.61 Å². The molecule has 0 bridgehead atoms. The highest BCUT2D eigenvalue weighted by atomic mass is 16.5. The summed E-state index contributed by atoms with van der Waals surface area (Å²) < 4.78 is 5.60. The molecular weight excluding hydrogens is 376 g/mol. The van der Waals surface area contributed by atoms with Gasteiger partial charge >= 0.3 is 0 Å². The number of hydrogen-bond donors (Lipinski definition) is 1. The maximum absolute atomic E-state index is 12.5. The van der Waals surface area contributed by atoms with Crippen LogP contribution in [-0.4, -0.2) is 36.4 Å². The average Bonchev–Trinajstić information content (AvgIpc) is 3.33. The van der Waals surface area contributed by atoms with Crippen molar-refractivity contribution in [1.82, 2.24) is 4.90 Å². The molecule has 3 aromatic rings. The smallest absolute Gasteiger partial charge is 0.262 e. The second-order valence-corrected chi connectivity index (χ2v) is 7.31. The number of nitrogens with one attached hydrogen (secondary N) is 1. The Labute approximate surface area is 176 Å². The number of carbonyl (C=O) groups excluding carboxylic acids is 2. The molecule has 5 nitrogen and oxygen atoms in total. The van der Waals surface area contributed by atoms with Gasteiger partial charge in [0, 0.05) is 24.3 Å². The molecule has 0 unspecified atom stereocenters. The van der Waals surface area contributed by atoms with Crippen molar-refractivity contribution in [3.63, 3.8) is 0 Å². The third-order valence-electron chi connectivity index (χ3n) is 5.12. The predicted octanol–water partition coefficient (Wildman–Crippen LogP) is 4.61. The number of likely N-dealkylation sites (tertiary alicyclic amines) is 1. The fraction of sp³-hybridized carbons (Fsp3) is 0.200. The number of anilines is 1.